The molecule has 2 aromatic rings. The van der Waals surface area contributed by atoms with Crippen LogP contribution >= 0.6 is 0 Å². The molecule has 0 aromatic heterocycles. The molecule has 0 amide bonds. The SMILES string of the molecule is CC(C)(C)[Si](C)(C)OC1CCC(/C=C\CCCCCCCCOCc2ccccc2)(/C=C(\CCCCCCCCOCc2ccccc2)C2CC(O[Si](C)(C)C(C)(C)C)CC2(CCCCCCCCCCO)CCCCCCCCCCO)C1. The van der Waals surface area contributed by atoms with Gasteiger partial charge in [-0.05, 0) is 155 Å². The summed E-state index contributed by atoms with van der Waals surface area (Å²) in [6, 6.07) is 21.2. The van der Waals surface area contributed by atoms with E-state index in [1.165, 1.54) is 191 Å². The Morgan fingerprint density at radius 3 is 1.36 bits per heavy atom. The molecule has 0 aliphatic heterocycles. The lowest BCUT2D eigenvalue weighted by Crippen LogP contribution is -2.43. The van der Waals surface area contributed by atoms with Gasteiger partial charge in [-0.2, -0.15) is 0 Å². The number of unbranched alkanes of at least 4 members (excludes halogenated alkanes) is 25. The monoisotopic (exact) mass is 1200 g/mol. The molecule has 6 nitrogen and oxygen atoms in total. The molecule has 482 valence electrons. The van der Waals surface area contributed by atoms with Crippen LogP contribution in [-0.2, 0) is 31.5 Å². The van der Waals surface area contributed by atoms with Gasteiger partial charge in [0, 0.05) is 44.1 Å². The van der Waals surface area contributed by atoms with Gasteiger partial charge in [0.15, 0.2) is 16.6 Å². The van der Waals surface area contributed by atoms with Crippen molar-refractivity contribution in [1.29, 1.82) is 0 Å². The molecule has 2 fully saturated rings. The summed E-state index contributed by atoms with van der Waals surface area (Å²) in [4.78, 5) is 0. The quantitative estimate of drug-likeness (QED) is 0.0391. The fourth-order valence-corrected chi connectivity index (χ4v) is 16.2. The van der Waals surface area contributed by atoms with Gasteiger partial charge >= 0.3 is 0 Å². The highest BCUT2D eigenvalue weighted by Crippen LogP contribution is 2.58. The van der Waals surface area contributed by atoms with Crippen LogP contribution in [0.15, 0.2) is 84.5 Å². The Kier molecular flexibility index (Phi) is 36.8. The second-order valence-electron chi connectivity index (χ2n) is 29.9. The minimum atomic E-state index is -2.03. The number of benzene rings is 2. The third-order valence-corrected chi connectivity index (χ3v) is 29.7. The molecule has 2 aliphatic carbocycles. The zero-order chi connectivity index (χ0) is 60.9. The smallest absolute Gasteiger partial charge is 0.192 e. The number of allylic oxidation sites excluding steroid dienone is 4. The van der Waals surface area contributed by atoms with E-state index in [0.717, 1.165) is 77.6 Å². The average molecular weight is 1200 g/mol. The molecule has 4 rings (SSSR count). The highest BCUT2D eigenvalue weighted by Gasteiger charge is 2.52. The summed E-state index contributed by atoms with van der Waals surface area (Å²) < 4.78 is 27.2. The summed E-state index contributed by atoms with van der Waals surface area (Å²) >= 11 is 0. The molecule has 2 saturated carbocycles. The Labute approximate surface area is 522 Å². The van der Waals surface area contributed by atoms with Gasteiger partial charge in [0.05, 0.1) is 13.2 Å². The van der Waals surface area contributed by atoms with Crippen LogP contribution in [0.3, 0.4) is 0 Å². The van der Waals surface area contributed by atoms with Crippen LogP contribution in [0, 0.1) is 16.7 Å². The molecule has 84 heavy (non-hydrogen) atoms. The van der Waals surface area contributed by atoms with Crippen molar-refractivity contribution in [3.05, 3.63) is 95.6 Å². The number of hydrogen-bond acceptors (Lipinski definition) is 6. The van der Waals surface area contributed by atoms with Crippen LogP contribution in [0.2, 0.25) is 36.3 Å². The van der Waals surface area contributed by atoms with Crippen molar-refractivity contribution in [1.82, 2.24) is 0 Å². The molecule has 2 aromatic carbocycles. The van der Waals surface area contributed by atoms with Gasteiger partial charge in [0.1, 0.15) is 0 Å². The highest BCUT2D eigenvalue weighted by atomic mass is 28.4. The Bertz CT molecular complexity index is 1970. The van der Waals surface area contributed by atoms with Crippen molar-refractivity contribution in [2.24, 2.45) is 16.7 Å². The first-order chi connectivity index (χ1) is 40.3. The Morgan fingerprint density at radius 1 is 0.500 bits per heavy atom. The average Bonchev–Trinajstić information content (AvgIpc) is 2.97. The molecule has 0 saturated heterocycles. The predicted octanol–water partition coefficient (Wildman–Crippen LogP) is 22.7. The Morgan fingerprint density at radius 2 is 0.905 bits per heavy atom. The first-order valence-electron chi connectivity index (χ1n) is 35.5. The fraction of sp³-hybridized carbons (Fsp3) is 0.789. The molecular formula is C76H134O6Si2. The van der Waals surface area contributed by atoms with Gasteiger partial charge in [-0.1, -0.05) is 267 Å². The van der Waals surface area contributed by atoms with Crippen molar-refractivity contribution >= 4 is 16.6 Å². The molecule has 2 aliphatic rings. The second-order valence-corrected chi connectivity index (χ2v) is 39.4. The maximum atomic E-state index is 9.40. The van der Waals surface area contributed by atoms with Crippen molar-refractivity contribution in [2.45, 2.75) is 341 Å². The lowest BCUT2D eigenvalue weighted by atomic mass is 9.65. The van der Waals surface area contributed by atoms with Gasteiger partial charge in [-0.25, -0.2) is 0 Å². The first kappa shape index (κ1) is 74.6. The van der Waals surface area contributed by atoms with Gasteiger partial charge in [-0.15, -0.1) is 0 Å². The molecular weight excluding hydrogens is 1070 g/mol. The van der Waals surface area contributed by atoms with E-state index in [4.69, 9.17) is 18.3 Å². The van der Waals surface area contributed by atoms with Crippen molar-refractivity contribution in [2.75, 3.05) is 26.4 Å². The number of aliphatic hydroxyl groups excluding tert-OH is 2. The summed E-state index contributed by atoms with van der Waals surface area (Å²) in [7, 11) is -4.01. The fourth-order valence-electron chi connectivity index (χ4n) is 13.5. The van der Waals surface area contributed by atoms with Crippen LogP contribution < -0.4 is 0 Å². The lowest BCUT2D eigenvalue weighted by Gasteiger charge is -2.40. The van der Waals surface area contributed by atoms with Crippen LogP contribution in [0.1, 0.15) is 290 Å². The van der Waals surface area contributed by atoms with E-state index in [9.17, 15) is 10.2 Å². The highest BCUT2D eigenvalue weighted by molar-refractivity contribution is 6.74. The summed E-state index contributed by atoms with van der Waals surface area (Å²) in [5, 5.41) is 19.2. The summed E-state index contributed by atoms with van der Waals surface area (Å²) in [5.74, 6) is 0.542. The van der Waals surface area contributed by atoms with E-state index in [1.807, 2.05) is 0 Å². The molecule has 0 spiro atoms. The number of ether oxygens (including phenoxy) is 2. The largest absolute Gasteiger partial charge is 0.414 e. The zero-order valence-corrected chi connectivity index (χ0v) is 58.7. The van der Waals surface area contributed by atoms with Crippen molar-refractivity contribution in [3.8, 4) is 0 Å². The molecule has 4 unspecified atom stereocenters. The Balaban J connectivity index is 1.64. The zero-order valence-electron chi connectivity index (χ0n) is 56.7. The van der Waals surface area contributed by atoms with Gasteiger partial charge in [0.2, 0.25) is 0 Å². The van der Waals surface area contributed by atoms with E-state index in [-0.39, 0.29) is 20.9 Å². The molecule has 2 N–H and O–H groups in total. The number of rotatable bonds is 49. The Hall–Kier alpha value is -1.89. The maximum absolute atomic E-state index is 9.40. The minimum Gasteiger partial charge on any atom is -0.414 e. The lowest BCUT2D eigenvalue weighted by molar-refractivity contribution is 0.116. The van der Waals surface area contributed by atoms with Crippen LogP contribution in [0.25, 0.3) is 0 Å². The maximum Gasteiger partial charge on any atom is 0.192 e. The van der Waals surface area contributed by atoms with E-state index in [2.05, 4.69) is 147 Å². The first-order valence-corrected chi connectivity index (χ1v) is 41.4. The summed E-state index contributed by atoms with van der Waals surface area (Å²) in [6.07, 6.45) is 54.8. The standard InChI is InChI=1S/C76H134O6Si2/c1-73(2,3)83(7,8)81-70-52-56-75(63-70,53-40-26-18-13-16-23-31-45-59-79-65-67-47-35-33-36-48-67)62-69(51-39-25-17-24-32-46-60-80-66-68-49-37-34-38-50-68)72-61-71(82-84(9,10)74(4,5)6)64-76(72,54-41-27-19-11-14-21-29-43-57-77)55-42-28-20-12-15-22-30-44-58-78/h33-38,40,47-50,53,62,70-72,77-78H,11-32,39,41-46,51-52,54-61,63-66H2,1-10H3/b53-40-,69-62+. The summed E-state index contributed by atoms with van der Waals surface area (Å²) in [5.41, 5.74) is 4.58. The molecule has 4 atom stereocenters. The van der Waals surface area contributed by atoms with Gasteiger partial charge in [0.25, 0.3) is 0 Å². The second kappa shape index (κ2) is 41.4. The van der Waals surface area contributed by atoms with Crippen molar-refractivity contribution in [3.63, 3.8) is 0 Å². The predicted molar refractivity (Wildman–Crippen MR) is 367 cm³/mol. The van der Waals surface area contributed by atoms with E-state index in [1.54, 1.807) is 5.57 Å². The number of hydrogen-bond donors (Lipinski definition) is 2. The van der Waals surface area contributed by atoms with Gasteiger partial charge < -0.3 is 28.5 Å². The molecule has 8 heteroatoms. The number of aliphatic hydroxyl groups is 2. The van der Waals surface area contributed by atoms with Gasteiger partial charge in [-0.3, -0.25) is 0 Å². The molecule has 0 heterocycles. The van der Waals surface area contributed by atoms with E-state index in [0.29, 0.717) is 37.9 Å². The van der Waals surface area contributed by atoms with E-state index >= 15 is 0 Å². The van der Waals surface area contributed by atoms with Crippen molar-refractivity contribution < 1.29 is 28.5 Å². The normalized spacial score (nSPS) is 19.8. The van der Waals surface area contributed by atoms with E-state index < -0.39 is 16.6 Å². The topological polar surface area (TPSA) is 77.4 Å². The van der Waals surface area contributed by atoms with Crippen LogP contribution in [-0.4, -0.2) is 65.5 Å². The minimum absolute atomic E-state index is 0.0119. The third kappa shape index (κ3) is 29.6. The summed E-state index contributed by atoms with van der Waals surface area (Å²) in [6.45, 7) is 28.3. The van der Waals surface area contributed by atoms with Crippen LogP contribution in [0.4, 0.5) is 0 Å². The molecule has 0 radical (unpaired) electrons. The third-order valence-electron chi connectivity index (χ3n) is 20.6. The molecule has 0 bridgehead atoms. The van der Waals surface area contributed by atoms with Crippen LogP contribution in [0.5, 0.6) is 0 Å².